The van der Waals surface area contributed by atoms with Gasteiger partial charge in [-0.2, -0.15) is 0 Å². The second kappa shape index (κ2) is 8.84. The van der Waals surface area contributed by atoms with E-state index in [0.29, 0.717) is 17.9 Å². The molecule has 0 spiro atoms. The summed E-state index contributed by atoms with van der Waals surface area (Å²) in [5.41, 5.74) is 0.454. The quantitative estimate of drug-likeness (QED) is 0.637. The lowest BCUT2D eigenvalue weighted by Gasteiger charge is -2.12. The predicted octanol–water partition coefficient (Wildman–Crippen LogP) is 4.22. The molecular formula is C17H14Cl2N2O4S. The van der Waals surface area contributed by atoms with Gasteiger partial charge in [0.05, 0.1) is 27.9 Å². The maximum Gasteiger partial charge on any atom is 0.337 e. The van der Waals surface area contributed by atoms with E-state index < -0.39 is 11.9 Å². The Morgan fingerprint density at radius 3 is 2.38 bits per heavy atom. The summed E-state index contributed by atoms with van der Waals surface area (Å²) in [7, 11) is 0. The Morgan fingerprint density at radius 1 is 1.15 bits per heavy atom. The molecule has 0 saturated carbocycles. The maximum atomic E-state index is 12.2. The molecule has 0 aliphatic heterocycles. The molecule has 0 radical (unpaired) electrons. The van der Waals surface area contributed by atoms with Gasteiger partial charge in [-0.25, -0.2) is 4.79 Å². The highest BCUT2D eigenvalue weighted by Gasteiger charge is 2.15. The normalized spacial score (nSPS) is 10.1. The van der Waals surface area contributed by atoms with E-state index in [-0.39, 0.29) is 26.4 Å². The topological polar surface area (TPSA) is 87.7 Å². The van der Waals surface area contributed by atoms with E-state index >= 15 is 0 Å². The molecule has 2 aromatic rings. The fourth-order valence-corrected chi connectivity index (χ4v) is 2.72. The highest BCUT2D eigenvalue weighted by atomic mass is 35.5. The minimum atomic E-state index is -1.21. The number of halogens is 2. The number of nitrogens with one attached hydrogen (secondary N) is 2. The van der Waals surface area contributed by atoms with E-state index in [1.54, 1.807) is 24.3 Å². The molecule has 0 saturated heterocycles. The monoisotopic (exact) mass is 412 g/mol. The number of carboxylic acids is 1. The number of aromatic carboxylic acids is 1. The van der Waals surface area contributed by atoms with E-state index in [4.69, 9.17) is 45.3 Å². The molecule has 2 aromatic carbocycles. The summed E-state index contributed by atoms with van der Waals surface area (Å²) < 4.78 is 5.31. The summed E-state index contributed by atoms with van der Waals surface area (Å²) in [6, 6.07) is 9.06. The van der Waals surface area contributed by atoms with Gasteiger partial charge in [0.25, 0.3) is 5.91 Å². The molecular weight excluding hydrogens is 399 g/mol. The van der Waals surface area contributed by atoms with Gasteiger partial charge < -0.3 is 15.2 Å². The van der Waals surface area contributed by atoms with Crippen LogP contribution in [0.25, 0.3) is 0 Å². The zero-order valence-electron chi connectivity index (χ0n) is 13.5. The summed E-state index contributed by atoms with van der Waals surface area (Å²) in [6.45, 7) is 2.39. The summed E-state index contributed by atoms with van der Waals surface area (Å²) in [4.78, 5) is 23.3. The number of carboxylic acid groups (broad SMARTS) is 1. The zero-order valence-corrected chi connectivity index (χ0v) is 15.8. The van der Waals surface area contributed by atoms with Gasteiger partial charge in [0.15, 0.2) is 5.11 Å². The standard InChI is InChI=1S/C17H14Cl2N2O4S/c1-2-25-10-5-3-9(4-6-10)15(22)21-17(26)20-14-7-11(16(23)24)12(18)8-13(14)19/h3-8H,2H2,1H3,(H,23,24)(H2,20,21,22,26). The average Bonchev–Trinajstić information content (AvgIpc) is 2.57. The molecule has 1 amide bonds. The lowest BCUT2D eigenvalue weighted by molar-refractivity contribution is 0.0697. The molecule has 0 aliphatic carbocycles. The molecule has 0 bridgehead atoms. The van der Waals surface area contributed by atoms with Gasteiger partial charge in [-0.3, -0.25) is 10.1 Å². The van der Waals surface area contributed by atoms with Crippen molar-refractivity contribution in [3.05, 3.63) is 57.6 Å². The second-order valence-electron chi connectivity index (χ2n) is 4.98. The Bertz CT molecular complexity index is 857. The fourth-order valence-electron chi connectivity index (χ4n) is 2.01. The third-order valence-corrected chi connectivity index (χ3v) is 4.02. The lowest BCUT2D eigenvalue weighted by Crippen LogP contribution is -2.34. The van der Waals surface area contributed by atoms with Crippen LogP contribution in [0.3, 0.4) is 0 Å². The van der Waals surface area contributed by atoms with Crippen molar-refractivity contribution in [2.45, 2.75) is 6.92 Å². The van der Waals surface area contributed by atoms with Gasteiger partial charge in [-0.1, -0.05) is 23.2 Å². The van der Waals surface area contributed by atoms with Crippen LogP contribution >= 0.6 is 35.4 Å². The number of rotatable bonds is 5. The zero-order chi connectivity index (χ0) is 19.3. The first kappa shape index (κ1) is 20.0. The van der Waals surface area contributed by atoms with Crippen molar-refractivity contribution in [3.63, 3.8) is 0 Å². The van der Waals surface area contributed by atoms with Crippen LogP contribution in [0.2, 0.25) is 10.0 Å². The molecule has 3 N–H and O–H groups in total. The number of hydrogen-bond donors (Lipinski definition) is 3. The SMILES string of the molecule is CCOc1ccc(C(=O)NC(=S)Nc2cc(C(=O)O)c(Cl)cc2Cl)cc1. The van der Waals surface area contributed by atoms with Crippen molar-refractivity contribution >= 4 is 58.1 Å². The van der Waals surface area contributed by atoms with Gasteiger partial charge in [-0.15, -0.1) is 0 Å². The average molecular weight is 413 g/mol. The Hall–Kier alpha value is -2.35. The molecule has 26 heavy (non-hydrogen) atoms. The Labute approximate surface area is 165 Å². The highest BCUT2D eigenvalue weighted by Crippen LogP contribution is 2.29. The molecule has 0 aromatic heterocycles. The van der Waals surface area contributed by atoms with Gasteiger partial charge in [0.2, 0.25) is 0 Å². The molecule has 0 unspecified atom stereocenters. The van der Waals surface area contributed by atoms with Crippen molar-refractivity contribution in [2.75, 3.05) is 11.9 Å². The Morgan fingerprint density at radius 2 is 1.81 bits per heavy atom. The molecule has 0 atom stereocenters. The molecule has 136 valence electrons. The number of benzene rings is 2. The van der Waals surface area contributed by atoms with E-state index in [9.17, 15) is 9.59 Å². The molecule has 6 nitrogen and oxygen atoms in total. The van der Waals surface area contributed by atoms with Gasteiger partial charge in [0, 0.05) is 5.56 Å². The van der Waals surface area contributed by atoms with Crippen molar-refractivity contribution in [1.29, 1.82) is 0 Å². The number of thiocarbonyl (C=S) groups is 1. The Balaban J connectivity index is 2.07. The van der Waals surface area contributed by atoms with Crippen molar-refractivity contribution in [1.82, 2.24) is 5.32 Å². The van der Waals surface area contributed by atoms with Crippen molar-refractivity contribution in [3.8, 4) is 5.75 Å². The van der Waals surface area contributed by atoms with Crippen molar-refractivity contribution in [2.24, 2.45) is 0 Å². The van der Waals surface area contributed by atoms with Gasteiger partial charge in [0.1, 0.15) is 5.75 Å². The number of hydrogen-bond acceptors (Lipinski definition) is 4. The summed E-state index contributed by atoms with van der Waals surface area (Å²) >= 11 is 16.9. The fraction of sp³-hybridized carbons (Fsp3) is 0.118. The van der Waals surface area contributed by atoms with Crippen LogP contribution in [0.5, 0.6) is 5.75 Å². The van der Waals surface area contributed by atoms with E-state index in [1.165, 1.54) is 12.1 Å². The van der Waals surface area contributed by atoms with Crippen molar-refractivity contribution < 1.29 is 19.4 Å². The largest absolute Gasteiger partial charge is 0.494 e. The van der Waals surface area contributed by atoms with Gasteiger partial charge >= 0.3 is 5.97 Å². The van der Waals surface area contributed by atoms with Crippen LogP contribution in [-0.2, 0) is 0 Å². The number of ether oxygens (including phenoxy) is 1. The number of carbonyl (C=O) groups is 2. The minimum Gasteiger partial charge on any atom is -0.494 e. The molecule has 0 fully saturated rings. The summed E-state index contributed by atoms with van der Waals surface area (Å²) in [5, 5.41) is 14.4. The lowest BCUT2D eigenvalue weighted by atomic mass is 10.2. The minimum absolute atomic E-state index is 0.00241. The summed E-state index contributed by atoms with van der Waals surface area (Å²) in [6.07, 6.45) is 0. The highest BCUT2D eigenvalue weighted by molar-refractivity contribution is 7.80. The van der Waals surface area contributed by atoms with Crippen LogP contribution in [-0.4, -0.2) is 28.7 Å². The third-order valence-electron chi connectivity index (χ3n) is 3.19. The van der Waals surface area contributed by atoms with Crippen LogP contribution in [0.4, 0.5) is 5.69 Å². The molecule has 2 rings (SSSR count). The van der Waals surface area contributed by atoms with Gasteiger partial charge in [-0.05, 0) is 55.5 Å². The molecule has 0 aliphatic rings. The first-order valence-electron chi connectivity index (χ1n) is 7.39. The first-order chi connectivity index (χ1) is 12.3. The molecule has 0 heterocycles. The van der Waals surface area contributed by atoms with E-state index in [2.05, 4.69) is 10.6 Å². The van der Waals surface area contributed by atoms with Crippen LogP contribution in [0, 0.1) is 0 Å². The number of anilines is 1. The third kappa shape index (κ3) is 5.08. The number of carbonyl (C=O) groups excluding carboxylic acids is 1. The second-order valence-corrected chi connectivity index (χ2v) is 6.21. The number of amides is 1. The summed E-state index contributed by atoms with van der Waals surface area (Å²) in [5.74, 6) is -0.993. The maximum absolute atomic E-state index is 12.2. The van der Waals surface area contributed by atoms with E-state index in [1.807, 2.05) is 6.92 Å². The molecule has 9 heteroatoms. The van der Waals surface area contributed by atoms with E-state index in [0.717, 1.165) is 0 Å². The first-order valence-corrected chi connectivity index (χ1v) is 8.55. The predicted molar refractivity (Wildman–Crippen MR) is 105 cm³/mol. The van der Waals surface area contributed by atoms with Crippen LogP contribution < -0.4 is 15.4 Å². The Kier molecular flexibility index (Phi) is 6.79. The van der Waals surface area contributed by atoms with Crippen LogP contribution in [0.15, 0.2) is 36.4 Å². The van der Waals surface area contributed by atoms with Crippen LogP contribution in [0.1, 0.15) is 27.6 Å². The smallest absolute Gasteiger partial charge is 0.337 e.